The molecule has 0 unspecified atom stereocenters. The van der Waals surface area contributed by atoms with Crippen LogP contribution in [0.25, 0.3) is 0 Å². The van der Waals surface area contributed by atoms with Crippen molar-refractivity contribution in [2.75, 3.05) is 0 Å². The van der Waals surface area contributed by atoms with E-state index in [0.29, 0.717) is 5.56 Å². The highest BCUT2D eigenvalue weighted by Gasteiger charge is 2.13. The van der Waals surface area contributed by atoms with Gasteiger partial charge in [-0.25, -0.2) is 4.99 Å². The van der Waals surface area contributed by atoms with E-state index < -0.39 is 0 Å². The van der Waals surface area contributed by atoms with Crippen LogP contribution in [0.4, 0.5) is 0 Å². The second-order valence-corrected chi connectivity index (χ2v) is 2.03. The van der Waals surface area contributed by atoms with Crippen molar-refractivity contribution in [3.05, 3.63) is 29.6 Å². The van der Waals surface area contributed by atoms with Crippen molar-refractivity contribution in [1.82, 2.24) is 4.98 Å². The van der Waals surface area contributed by atoms with Crippen LogP contribution in [-0.2, 0) is 0 Å². The van der Waals surface area contributed by atoms with Gasteiger partial charge in [0, 0.05) is 24.2 Å². The number of hydrogen-bond acceptors (Lipinski definition) is 2. The second kappa shape index (κ2) is 1.73. The topological polar surface area (TPSA) is 42.3 Å². The molecule has 0 radical (unpaired) electrons. The van der Waals surface area contributed by atoms with E-state index in [1.165, 1.54) is 6.21 Å². The molecule has 10 heavy (non-hydrogen) atoms. The summed E-state index contributed by atoms with van der Waals surface area (Å²) in [6.07, 6.45) is 4.75. The zero-order chi connectivity index (χ0) is 6.97. The van der Waals surface area contributed by atoms with Crippen molar-refractivity contribution >= 4 is 12.1 Å². The van der Waals surface area contributed by atoms with Crippen LogP contribution >= 0.6 is 0 Å². The van der Waals surface area contributed by atoms with Gasteiger partial charge in [0.15, 0.2) is 0 Å². The maximum Gasteiger partial charge on any atom is 0.277 e. The summed E-state index contributed by atoms with van der Waals surface area (Å²) in [4.78, 5) is 18.3. The molecule has 1 aliphatic rings. The Bertz CT molecular complexity index is 317. The van der Waals surface area contributed by atoms with Crippen LogP contribution in [0.5, 0.6) is 0 Å². The number of hydrogen-bond donors (Lipinski definition) is 0. The van der Waals surface area contributed by atoms with Crippen LogP contribution in [0.1, 0.15) is 15.9 Å². The third-order valence-electron chi connectivity index (χ3n) is 1.40. The Kier molecular flexibility index (Phi) is 0.917. The normalized spacial score (nSPS) is 13.8. The van der Waals surface area contributed by atoms with Gasteiger partial charge in [-0.05, 0) is 6.07 Å². The molecule has 0 spiro atoms. The number of fused-ring (bicyclic) bond motifs is 1. The summed E-state index contributed by atoms with van der Waals surface area (Å²) in [5.74, 6) is -0.169. The van der Waals surface area contributed by atoms with Crippen molar-refractivity contribution in [2.24, 2.45) is 4.99 Å². The Hall–Kier alpha value is -1.51. The monoisotopic (exact) mass is 132 g/mol. The number of amides is 1. The smallest absolute Gasteiger partial charge is 0.267 e. The molecular weight excluding hydrogens is 128 g/mol. The fourth-order valence-corrected chi connectivity index (χ4v) is 0.902. The molecule has 2 heterocycles. The maximum atomic E-state index is 10.8. The molecule has 3 heteroatoms. The fraction of sp³-hybridized carbons (Fsp3) is 0. The van der Waals surface area contributed by atoms with Gasteiger partial charge in [-0.15, -0.1) is 0 Å². The van der Waals surface area contributed by atoms with Crippen molar-refractivity contribution in [2.45, 2.75) is 0 Å². The van der Waals surface area contributed by atoms with E-state index in [1.54, 1.807) is 18.5 Å². The average molecular weight is 132 g/mol. The van der Waals surface area contributed by atoms with Gasteiger partial charge in [-0.3, -0.25) is 9.78 Å². The maximum absolute atomic E-state index is 10.8. The Morgan fingerprint density at radius 2 is 2.30 bits per heavy atom. The van der Waals surface area contributed by atoms with Crippen molar-refractivity contribution in [3.63, 3.8) is 0 Å². The van der Waals surface area contributed by atoms with Crippen LogP contribution in [0.3, 0.4) is 0 Å². The predicted molar refractivity (Wildman–Crippen MR) is 36.2 cm³/mol. The molecule has 48 valence electrons. The first-order chi connectivity index (χ1) is 4.88. The lowest BCUT2D eigenvalue weighted by Crippen LogP contribution is -1.90. The molecule has 1 amide bonds. The molecule has 0 atom stereocenters. The van der Waals surface area contributed by atoms with Gasteiger partial charge in [0.05, 0.1) is 5.56 Å². The summed E-state index contributed by atoms with van der Waals surface area (Å²) in [6.45, 7) is 0. The quantitative estimate of drug-likeness (QED) is 0.520. The molecule has 0 aromatic carbocycles. The molecular formula is C7H4N2O. The number of carbonyl (C=O) groups excluding carboxylic acids is 1. The van der Waals surface area contributed by atoms with Gasteiger partial charge < -0.3 is 0 Å². The Morgan fingerprint density at radius 1 is 1.40 bits per heavy atom. The summed E-state index contributed by atoms with van der Waals surface area (Å²) in [5, 5.41) is 0. The van der Waals surface area contributed by atoms with Crippen LogP contribution in [0, 0.1) is 0 Å². The molecule has 2 rings (SSSR count). The van der Waals surface area contributed by atoms with E-state index in [2.05, 4.69) is 9.98 Å². The molecule has 0 bridgehead atoms. The Balaban J connectivity index is 2.70. The molecule has 0 N–H and O–H groups in total. The molecule has 1 aliphatic heterocycles. The second-order valence-electron chi connectivity index (χ2n) is 2.03. The van der Waals surface area contributed by atoms with E-state index in [1.807, 2.05) is 0 Å². The first kappa shape index (κ1) is 5.29. The van der Waals surface area contributed by atoms with Crippen LogP contribution in [0.2, 0.25) is 0 Å². The van der Waals surface area contributed by atoms with Crippen molar-refractivity contribution < 1.29 is 4.79 Å². The molecule has 0 saturated carbocycles. The van der Waals surface area contributed by atoms with Crippen molar-refractivity contribution in [3.8, 4) is 0 Å². The molecule has 0 fully saturated rings. The Labute approximate surface area is 57.4 Å². The van der Waals surface area contributed by atoms with Crippen LogP contribution in [0.15, 0.2) is 23.5 Å². The highest BCUT2D eigenvalue weighted by Crippen LogP contribution is 2.11. The number of aromatic nitrogens is 1. The highest BCUT2D eigenvalue weighted by atomic mass is 16.1. The fourth-order valence-electron chi connectivity index (χ4n) is 0.902. The Morgan fingerprint density at radius 3 is 3.10 bits per heavy atom. The lowest BCUT2D eigenvalue weighted by atomic mass is 10.2. The summed E-state index contributed by atoms with van der Waals surface area (Å²) >= 11 is 0. The largest absolute Gasteiger partial charge is 0.277 e. The lowest BCUT2D eigenvalue weighted by Gasteiger charge is -1.89. The predicted octanol–water partition coefficient (Wildman–Crippen LogP) is 0.654. The summed E-state index contributed by atoms with van der Waals surface area (Å²) in [5.41, 5.74) is 1.46. The zero-order valence-electron chi connectivity index (χ0n) is 5.11. The number of pyridine rings is 1. The zero-order valence-corrected chi connectivity index (χ0v) is 5.11. The number of carbonyl (C=O) groups is 1. The van der Waals surface area contributed by atoms with Crippen LogP contribution in [-0.4, -0.2) is 17.1 Å². The third-order valence-corrected chi connectivity index (χ3v) is 1.40. The van der Waals surface area contributed by atoms with E-state index >= 15 is 0 Å². The highest BCUT2D eigenvalue weighted by molar-refractivity contribution is 6.12. The molecule has 0 aliphatic carbocycles. The molecule has 1 aromatic rings. The molecule has 0 saturated heterocycles. The minimum Gasteiger partial charge on any atom is -0.267 e. The van der Waals surface area contributed by atoms with Crippen LogP contribution < -0.4 is 0 Å². The SMILES string of the molecule is O=C1N=Cc2cnccc21. The van der Waals surface area contributed by atoms with E-state index in [0.717, 1.165) is 5.56 Å². The number of rotatable bonds is 0. The van der Waals surface area contributed by atoms with Gasteiger partial charge in [0.1, 0.15) is 0 Å². The summed E-state index contributed by atoms with van der Waals surface area (Å²) in [6, 6.07) is 1.67. The van der Waals surface area contributed by atoms with E-state index in [-0.39, 0.29) is 5.91 Å². The standard InChI is InChI=1S/C7H4N2O/c10-7-6-1-2-8-3-5(6)4-9-7/h1-4H. The van der Waals surface area contributed by atoms with Gasteiger partial charge in [0.25, 0.3) is 5.91 Å². The molecule has 3 nitrogen and oxygen atoms in total. The van der Waals surface area contributed by atoms with Crippen molar-refractivity contribution in [1.29, 1.82) is 0 Å². The van der Waals surface area contributed by atoms with E-state index in [9.17, 15) is 4.79 Å². The summed E-state index contributed by atoms with van der Waals surface area (Å²) < 4.78 is 0. The van der Waals surface area contributed by atoms with E-state index in [4.69, 9.17) is 0 Å². The minimum atomic E-state index is -0.169. The number of aliphatic imine (C=N–C) groups is 1. The third kappa shape index (κ3) is 0.572. The van der Waals surface area contributed by atoms with Gasteiger partial charge in [-0.2, -0.15) is 0 Å². The first-order valence-electron chi connectivity index (χ1n) is 2.90. The first-order valence-corrected chi connectivity index (χ1v) is 2.90. The van der Waals surface area contributed by atoms with Gasteiger partial charge in [0.2, 0.25) is 0 Å². The molecule has 1 aromatic heterocycles. The minimum absolute atomic E-state index is 0.169. The van der Waals surface area contributed by atoms with Gasteiger partial charge in [-0.1, -0.05) is 0 Å². The number of nitrogens with zero attached hydrogens (tertiary/aromatic N) is 2. The summed E-state index contributed by atoms with van der Waals surface area (Å²) in [7, 11) is 0. The van der Waals surface area contributed by atoms with Gasteiger partial charge >= 0.3 is 0 Å². The lowest BCUT2D eigenvalue weighted by molar-refractivity contribution is 0.101. The average Bonchev–Trinajstić information content (AvgIpc) is 2.34.